The van der Waals surface area contributed by atoms with Crippen LogP contribution in [0.3, 0.4) is 0 Å². The van der Waals surface area contributed by atoms with E-state index in [0.717, 1.165) is 24.0 Å². The third-order valence-corrected chi connectivity index (χ3v) is 2.58. The maximum absolute atomic E-state index is 10.8. The first-order chi connectivity index (χ1) is 8.74. The summed E-state index contributed by atoms with van der Waals surface area (Å²) in [6, 6.07) is 7.79. The van der Waals surface area contributed by atoms with Gasteiger partial charge in [0.25, 0.3) is 0 Å². The number of rotatable bonds is 5. The summed E-state index contributed by atoms with van der Waals surface area (Å²) in [5, 5.41) is 0. The summed E-state index contributed by atoms with van der Waals surface area (Å²) >= 11 is 0. The molecule has 18 heavy (non-hydrogen) atoms. The van der Waals surface area contributed by atoms with Crippen molar-refractivity contribution in [2.45, 2.75) is 46.1 Å². The highest BCUT2D eigenvalue weighted by Gasteiger charge is 2.00. The number of hydrogen-bond acceptors (Lipinski definition) is 2. The Balaban J connectivity index is 2.60. The van der Waals surface area contributed by atoms with Crippen molar-refractivity contribution < 1.29 is 9.53 Å². The molecule has 0 amide bonds. The molecule has 0 aliphatic heterocycles. The van der Waals surface area contributed by atoms with E-state index in [1.54, 1.807) is 0 Å². The van der Waals surface area contributed by atoms with Gasteiger partial charge in [-0.2, -0.15) is 0 Å². The Morgan fingerprint density at radius 1 is 1.28 bits per heavy atom. The van der Waals surface area contributed by atoms with Gasteiger partial charge in [-0.05, 0) is 12.5 Å². The molecule has 96 valence electrons. The molecule has 2 nitrogen and oxygen atoms in total. The summed E-state index contributed by atoms with van der Waals surface area (Å²) in [6.07, 6.45) is 4.51. The van der Waals surface area contributed by atoms with E-state index in [2.05, 4.69) is 18.8 Å². The van der Waals surface area contributed by atoms with Crippen molar-refractivity contribution in [3.8, 4) is 11.8 Å². The van der Waals surface area contributed by atoms with Gasteiger partial charge in [0.15, 0.2) is 0 Å². The second kappa shape index (κ2) is 8.36. The summed E-state index contributed by atoms with van der Waals surface area (Å²) in [5.41, 5.74) is 1.92. The van der Waals surface area contributed by atoms with E-state index in [1.807, 2.05) is 24.3 Å². The van der Waals surface area contributed by atoms with Crippen molar-refractivity contribution in [2.24, 2.45) is 0 Å². The molecule has 0 aliphatic carbocycles. The Labute approximate surface area is 109 Å². The van der Waals surface area contributed by atoms with Crippen LogP contribution in [0.1, 0.15) is 50.7 Å². The Morgan fingerprint density at radius 2 is 2.06 bits per heavy atom. The van der Waals surface area contributed by atoms with Crippen molar-refractivity contribution in [2.75, 3.05) is 0 Å². The second-order valence-corrected chi connectivity index (χ2v) is 4.20. The van der Waals surface area contributed by atoms with Gasteiger partial charge in [0, 0.05) is 24.5 Å². The Morgan fingerprint density at radius 3 is 2.78 bits per heavy atom. The van der Waals surface area contributed by atoms with Crippen molar-refractivity contribution >= 4 is 5.97 Å². The molecule has 0 aliphatic rings. The lowest BCUT2D eigenvalue weighted by atomic mass is 10.1. The fraction of sp³-hybridized carbons (Fsp3) is 0.438. The van der Waals surface area contributed by atoms with Crippen molar-refractivity contribution in [1.82, 2.24) is 0 Å². The molecular formula is C16H20O2. The zero-order valence-corrected chi connectivity index (χ0v) is 11.2. The Bertz CT molecular complexity index is 438. The third-order valence-electron chi connectivity index (χ3n) is 2.58. The molecule has 1 aromatic carbocycles. The van der Waals surface area contributed by atoms with E-state index in [0.29, 0.717) is 6.61 Å². The van der Waals surface area contributed by atoms with E-state index in [4.69, 9.17) is 4.74 Å². The molecule has 0 saturated heterocycles. The van der Waals surface area contributed by atoms with Crippen molar-refractivity contribution in [1.29, 1.82) is 0 Å². The van der Waals surface area contributed by atoms with Crippen LogP contribution in [0.15, 0.2) is 24.3 Å². The van der Waals surface area contributed by atoms with Crippen LogP contribution in [-0.4, -0.2) is 5.97 Å². The largest absolute Gasteiger partial charge is 0.461 e. The first kappa shape index (κ1) is 14.3. The van der Waals surface area contributed by atoms with Crippen LogP contribution < -0.4 is 0 Å². The van der Waals surface area contributed by atoms with Gasteiger partial charge in [0.2, 0.25) is 0 Å². The normalized spacial score (nSPS) is 9.44. The van der Waals surface area contributed by atoms with Crippen molar-refractivity contribution in [3.63, 3.8) is 0 Å². The minimum Gasteiger partial charge on any atom is -0.461 e. The zero-order valence-electron chi connectivity index (χ0n) is 11.2. The van der Waals surface area contributed by atoms with Gasteiger partial charge in [-0.25, -0.2) is 0 Å². The molecule has 0 spiro atoms. The van der Waals surface area contributed by atoms with Gasteiger partial charge in [-0.15, -0.1) is 0 Å². The Hall–Kier alpha value is -1.75. The maximum atomic E-state index is 10.8. The Kier molecular flexibility index (Phi) is 6.64. The van der Waals surface area contributed by atoms with Crippen molar-refractivity contribution in [3.05, 3.63) is 35.4 Å². The molecule has 0 unspecified atom stereocenters. The molecule has 0 heterocycles. The summed E-state index contributed by atoms with van der Waals surface area (Å²) in [5.74, 6) is 6.07. The molecular weight excluding hydrogens is 224 g/mol. The molecule has 0 atom stereocenters. The molecule has 0 bridgehead atoms. The minimum atomic E-state index is -0.263. The third kappa shape index (κ3) is 5.54. The topological polar surface area (TPSA) is 26.3 Å². The zero-order chi connectivity index (χ0) is 13.2. The first-order valence-corrected chi connectivity index (χ1v) is 6.44. The van der Waals surface area contributed by atoms with Crippen LogP contribution in [-0.2, 0) is 16.1 Å². The molecule has 1 aromatic rings. The highest BCUT2D eigenvalue weighted by molar-refractivity contribution is 5.66. The van der Waals surface area contributed by atoms with Crippen LogP contribution in [0, 0.1) is 11.8 Å². The van der Waals surface area contributed by atoms with Crippen LogP contribution >= 0.6 is 0 Å². The monoisotopic (exact) mass is 244 g/mol. The lowest BCUT2D eigenvalue weighted by Crippen LogP contribution is -2.00. The van der Waals surface area contributed by atoms with Crippen LogP contribution in [0.5, 0.6) is 0 Å². The maximum Gasteiger partial charge on any atom is 0.302 e. The van der Waals surface area contributed by atoms with Gasteiger partial charge >= 0.3 is 5.97 Å². The minimum absolute atomic E-state index is 0.263. The SMILES string of the molecule is CCCCCC#Cc1ccccc1COC(C)=O. The second-order valence-electron chi connectivity index (χ2n) is 4.20. The summed E-state index contributed by atoms with van der Waals surface area (Å²) in [4.78, 5) is 10.8. The van der Waals surface area contributed by atoms with Gasteiger partial charge in [0.1, 0.15) is 6.61 Å². The van der Waals surface area contributed by atoms with Gasteiger partial charge < -0.3 is 4.74 Å². The van der Waals surface area contributed by atoms with E-state index in [9.17, 15) is 4.79 Å². The molecule has 0 aromatic heterocycles. The van der Waals surface area contributed by atoms with Crippen LogP contribution in [0.2, 0.25) is 0 Å². The number of ether oxygens (including phenoxy) is 1. The van der Waals surface area contributed by atoms with Gasteiger partial charge in [0.05, 0.1) is 0 Å². The predicted octanol–water partition coefficient (Wildman–Crippen LogP) is 3.68. The van der Waals surface area contributed by atoms with Gasteiger partial charge in [-0.3, -0.25) is 4.79 Å². The quantitative estimate of drug-likeness (QED) is 0.448. The van der Waals surface area contributed by atoms with E-state index in [1.165, 1.54) is 19.8 Å². The lowest BCUT2D eigenvalue weighted by Gasteiger charge is -2.04. The fourth-order valence-electron chi connectivity index (χ4n) is 1.57. The molecule has 2 heteroatoms. The number of carbonyl (C=O) groups excluding carboxylic acids is 1. The molecule has 0 radical (unpaired) electrons. The molecule has 0 saturated carbocycles. The highest BCUT2D eigenvalue weighted by Crippen LogP contribution is 2.09. The molecule has 0 N–H and O–H groups in total. The first-order valence-electron chi connectivity index (χ1n) is 6.44. The number of benzene rings is 1. The summed E-state index contributed by atoms with van der Waals surface area (Å²) in [6.45, 7) is 3.90. The summed E-state index contributed by atoms with van der Waals surface area (Å²) in [7, 11) is 0. The average Bonchev–Trinajstić information content (AvgIpc) is 2.37. The van der Waals surface area contributed by atoms with E-state index in [-0.39, 0.29) is 5.97 Å². The predicted molar refractivity (Wildman–Crippen MR) is 72.9 cm³/mol. The highest BCUT2D eigenvalue weighted by atomic mass is 16.5. The van der Waals surface area contributed by atoms with Crippen LogP contribution in [0.25, 0.3) is 0 Å². The lowest BCUT2D eigenvalue weighted by molar-refractivity contribution is -0.142. The molecule has 0 fully saturated rings. The fourth-order valence-corrected chi connectivity index (χ4v) is 1.57. The standard InChI is InChI=1S/C16H20O2/c1-3-4-5-6-7-10-15-11-8-9-12-16(15)13-18-14(2)17/h8-9,11-12H,3-6,13H2,1-2H3. The van der Waals surface area contributed by atoms with E-state index >= 15 is 0 Å². The summed E-state index contributed by atoms with van der Waals surface area (Å²) < 4.78 is 5.01. The number of esters is 1. The number of hydrogen-bond donors (Lipinski definition) is 0. The van der Waals surface area contributed by atoms with E-state index < -0.39 is 0 Å². The smallest absolute Gasteiger partial charge is 0.302 e. The number of carbonyl (C=O) groups is 1. The van der Waals surface area contributed by atoms with Gasteiger partial charge in [-0.1, -0.05) is 49.8 Å². The average molecular weight is 244 g/mol. The molecule has 1 rings (SSSR count). The van der Waals surface area contributed by atoms with Crippen LogP contribution in [0.4, 0.5) is 0 Å². The number of unbranched alkanes of at least 4 members (excludes halogenated alkanes) is 3.